The van der Waals surface area contributed by atoms with Crippen molar-refractivity contribution in [1.29, 1.82) is 0 Å². The summed E-state index contributed by atoms with van der Waals surface area (Å²) in [7, 11) is 0. The first-order valence-corrected chi connectivity index (χ1v) is 8.83. The van der Waals surface area contributed by atoms with E-state index in [0.717, 1.165) is 34.3 Å². The number of benzene rings is 1. The molecule has 3 aromatic rings. The van der Waals surface area contributed by atoms with Crippen LogP contribution in [0.5, 0.6) is 6.01 Å². The van der Waals surface area contributed by atoms with Crippen molar-refractivity contribution < 1.29 is 9.53 Å². The highest BCUT2D eigenvalue weighted by Gasteiger charge is 2.27. The molecule has 1 atom stereocenters. The van der Waals surface area contributed by atoms with Crippen LogP contribution < -0.4 is 4.74 Å². The van der Waals surface area contributed by atoms with E-state index in [1.165, 1.54) is 0 Å². The molecule has 2 aromatic heterocycles. The van der Waals surface area contributed by atoms with Gasteiger partial charge in [0.05, 0.1) is 11.4 Å². The topological polar surface area (TPSA) is 55.3 Å². The number of nitrogens with zero attached hydrogens (tertiary/aromatic N) is 3. The van der Waals surface area contributed by atoms with Crippen LogP contribution in [0.15, 0.2) is 48.8 Å². The second kappa shape index (κ2) is 6.57. The van der Waals surface area contributed by atoms with Crippen LogP contribution in [0.3, 0.4) is 0 Å². The van der Waals surface area contributed by atoms with Gasteiger partial charge in [0.15, 0.2) is 0 Å². The minimum atomic E-state index is -0.0560. The van der Waals surface area contributed by atoms with Gasteiger partial charge in [-0.05, 0) is 36.4 Å². The lowest BCUT2D eigenvalue weighted by molar-refractivity contribution is 0.0520. The zero-order valence-corrected chi connectivity index (χ0v) is 13.9. The molecule has 0 aliphatic carbocycles. The highest BCUT2D eigenvalue weighted by atomic mass is 32.1. The summed E-state index contributed by atoms with van der Waals surface area (Å²) in [6.07, 6.45) is 5.10. The van der Waals surface area contributed by atoms with Gasteiger partial charge in [0.25, 0.3) is 5.91 Å². The zero-order chi connectivity index (χ0) is 16.4. The van der Waals surface area contributed by atoms with E-state index in [4.69, 9.17) is 4.74 Å². The molecule has 1 saturated heterocycles. The molecular formula is C18H17N3O2S. The number of aromatic nitrogens is 2. The van der Waals surface area contributed by atoms with Crippen molar-refractivity contribution in [2.75, 3.05) is 13.1 Å². The van der Waals surface area contributed by atoms with Gasteiger partial charge in [-0.15, -0.1) is 11.3 Å². The van der Waals surface area contributed by atoms with Gasteiger partial charge in [-0.1, -0.05) is 18.2 Å². The molecule has 0 unspecified atom stereocenters. The summed E-state index contributed by atoms with van der Waals surface area (Å²) in [4.78, 5) is 23.7. The number of hydrogen-bond acceptors (Lipinski definition) is 5. The lowest BCUT2D eigenvalue weighted by Crippen LogP contribution is -2.44. The maximum absolute atomic E-state index is 12.8. The molecule has 24 heavy (non-hydrogen) atoms. The predicted molar refractivity (Wildman–Crippen MR) is 93.4 cm³/mol. The number of likely N-dealkylation sites (tertiary alicyclic amines) is 1. The molecule has 1 aromatic carbocycles. The van der Waals surface area contributed by atoms with E-state index in [-0.39, 0.29) is 12.0 Å². The van der Waals surface area contributed by atoms with Crippen molar-refractivity contribution >= 4 is 27.3 Å². The van der Waals surface area contributed by atoms with E-state index in [2.05, 4.69) is 9.97 Å². The molecule has 5 nitrogen and oxygen atoms in total. The number of piperidine rings is 1. The van der Waals surface area contributed by atoms with Gasteiger partial charge in [-0.3, -0.25) is 4.79 Å². The maximum Gasteiger partial charge on any atom is 0.316 e. The van der Waals surface area contributed by atoms with Crippen molar-refractivity contribution in [3.63, 3.8) is 0 Å². The SMILES string of the molecule is O=C(c1cc2ccccc2s1)N1CCC[C@@H](Oc2ncccn2)C1. The summed E-state index contributed by atoms with van der Waals surface area (Å²) >= 11 is 1.55. The smallest absolute Gasteiger partial charge is 0.316 e. The summed E-state index contributed by atoms with van der Waals surface area (Å²) in [5.41, 5.74) is 0. The summed E-state index contributed by atoms with van der Waals surface area (Å²) in [5.74, 6) is 0.0819. The van der Waals surface area contributed by atoms with Crippen molar-refractivity contribution in [1.82, 2.24) is 14.9 Å². The van der Waals surface area contributed by atoms with Crippen molar-refractivity contribution in [3.05, 3.63) is 53.7 Å². The van der Waals surface area contributed by atoms with Crippen LogP contribution in [0.4, 0.5) is 0 Å². The molecule has 0 spiro atoms. The lowest BCUT2D eigenvalue weighted by atomic mass is 10.1. The zero-order valence-electron chi connectivity index (χ0n) is 13.1. The standard InChI is InChI=1S/C18H17N3O2S/c22-17(16-11-13-5-1-2-7-15(13)24-16)21-10-3-6-14(12-21)23-18-19-8-4-9-20-18/h1-2,4-5,7-9,11,14H,3,6,10,12H2/t14-/m1/s1. The van der Waals surface area contributed by atoms with Crippen LogP contribution in [-0.4, -0.2) is 40.0 Å². The fourth-order valence-corrected chi connectivity index (χ4v) is 3.99. The molecule has 0 N–H and O–H groups in total. The van der Waals surface area contributed by atoms with Crippen LogP contribution >= 0.6 is 11.3 Å². The molecule has 4 rings (SSSR count). The lowest BCUT2D eigenvalue weighted by Gasteiger charge is -2.32. The summed E-state index contributed by atoms with van der Waals surface area (Å²) < 4.78 is 6.96. The van der Waals surface area contributed by atoms with Crippen molar-refractivity contribution in [2.24, 2.45) is 0 Å². The first-order chi connectivity index (χ1) is 11.8. The molecule has 6 heteroatoms. The fourth-order valence-electron chi connectivity index (χ4n) is 2.96. The van der Waals surface area contributed by atoms with E-state index < -0.39 is 0 Å². The van der Waals surface area contributed by atoms with Crippen LogP contribution in [0.2, 0.25) is 0 Å². The van der Waals surface area contributed by atoms with E-state index in [0.29, 0.717) is 12.6 Å². The average Bonchev–Trinajstić information content (AvgIpc) is 3.06. The number of carbonyl (C=O) groups excluding carboxylic acids is 1. The van der Waals surface area contributed by atoms with E-state index in [9.17, 15) is 4.79 Å². The first-order valence-electron chi connectivity index (χ1n) is 8.01. The van der Waals surface area contributed by atoms with Gasteiger partial charge in [-0.2, -0.15) is 0 Å². The Kier molecular flexibility index (Phi) is 4.13. The molecule has 1 aliphatic rings. The summed E-state index contributed by atoms with van der Waals surface area (Å²) in [5, 5.41) is 1.12. The van der Waals surface area contributed by atoms with Gasteiger partial charge in [0.1, 0.15) is 6.10 Å². The van der Waals surface area contributed by atoms with E-state index in [1.54, 1.807) is 29.8 Å². The Morgan fingerprint density at radius 1 is 1.21 bits per heavy atom. The quantitative estimate of drug-likeness (QED) is 0.734. The monoisotopic (exact) mass is 339 g/mol. The van der Waals surface area contributed by atoms with Gasteiger partial charge >= 0.3 is 6.01 Å². The highest BCUT2D eigenvalue weighted by Crippen LogP contribution is 2.27. The number of amides is 1. The third-order valence-electron chi connectivity index (χ3n) is 4.12. The van der Waals surface area contributed by atoms with Crippen LogP contribution in [0.25, 0.3) is 10.1 Å². The third kappa shape index (κ3) is 3.10. The summed E-state index contributed by atoms with van der Waals surface area (Å²) in [6, 6.07) is 12.2. The minimum Gasteiger partial charge on any atom is -0.458 e. The van der Waals surface area contributed by atoms with E-state index >= 15 is 0 Å². The molecule has 1 amide bonds. The normalized spacial score (nSPS) is 17.8. The Labute approximate surface area is 143 Å². The molecule has 0 radical (unpaired) electrons. The van der Waals surface area contributed by atoms with Gasteiger partial charge in [-0.25, -0.2) is 9.97 Å². The summed E-state index contributed by atoms with van der Waals surface area (Å²) in [6.45, 7) is 1.34. The van der Waals surface area contributed by atoms with Crippen molar-refractivity contribution in [3.8, 4) is 6.01 Å². The van der Waals surface area contributed by atoms with Crippen LogP contribution in [-0.2, 0) is 0 Å². The van der Waals surface area contributed by atoms with Crippen molar-refractivity contribution in [2.45, 2.75) is 18.9 Å². The fraction of sp³-hybridized carbons (Fsp3) is 0.278. The number of ether oxygens (including phenoxy) is 1. The minimum absolute atomic E-state index is 0.0560. The van der Waals surface area contributed by atoms with Gasteiger partial charge in [0.2, 0.25) is 0 Å². The average molecular weight is 339 g/mol. The molecule has 1 fully saturated rings. The number of rotatable bonds is 3. The Hall–Kier alpha value is -2.47. The largest absolute Gasteiger partial charge is 0.458 e. The van der Waals surface area contributed by atoms with Gasteiger partial charge in [0, 0.05) is 23.6 Å². The molecule has 0 saturated carbocycles. The maximum atomic E-state index is 12.8. The Balaban J connectivity index is 1.48. The van der Waals surface area contributed by atoms with Crippen LogP contribution in [0, 0.1) is 0 Å². The first kappa shape index (κ1) is 15.1. The second-order valence-electron chi connectivity index (χ2n) is 5.81. The number of carbonyl (C=O) groups is 1. The highest BCUT2D eigenvalue weighted by molar-refractivity contribution is 7.20. The Bertz CT molecular complexity index is 817. The van der Waals surface area contributed by atoms with E-state index in [1.807, 2.05) is 35.2 Å². The molecule has 122 valence electrons. The molecule has 0 bridgehead atoms. The number of fused-ring (bicyclic) bond motifs is 1. The molecule has 3 heterocycles. The Morgan fingerprint density at radius 3 is 2.88 bits per heavy atom. The number of thiophene rings is 1. The molecular weight excluding hydrogens is 322 g/mol. The third-order valence-corrected chi connectivity index (χ3v) is 5.22. The van der Waals surface area contributed by atoms with Gasteiger partial charge < -0.3 is 9.64 Å². The Morgan fingerprint density at radius 2 is 2.04 bits per heavy atom. The second-order valence-corrected chi connectivity index (χ2v) is 6.90. The van der Waals surface area contributed by atoms with Crippen LogP contribution in [0.1, 0.15) is 22.5 Å². The molecule has 1 aliphatic heterocycles. The predicted octanol–water partition coefficient (Wildman–Crippen LogP) is 3.37. The number of hydrogen-bond donors (Lipinski definition) is 0.